The van der Waals surface area contributed by atoms with E-state index in [1.54, 1.807) is 0 Å². The zero-order valence-electron chi connectivity index (χ0n) is 8.88. The Hall–Kier alpha value is -0.340. The van der Waals surface area contributed by atoms with E-state index in [4.69, 9.17) is 4.74 Å². The lowest BCUT2D eigenvalue weighted by molar-refractivity contribution is 0.111. The van der Waals surface area contributed by atoms with Gasteiger partial charge in [-0.2, -0.15) is 0 Å². The van der Waals surface area contributed by atoms with E-state index in [1.165, 1.54) is 5.57 Å². The van der Waals surface area contributed by atoms with Crippen molar-refractivity contribution in [2.24, 2.45) is 0 Å². The van der Waals surface area contributed by atoms with Crippen LogP contribution in [0.25, 0.3) is 0 Å². The molecular formula is C11H21NO. The van der Waals surface area contributed by atoms with Gasteiger partial charge in [0.25, 0.3) is 0 Å². The van der Waals surface area contributed by atoms with E-state index in [-0.39, 0.29) is 0 Å². The van der Waals surface area contributed by atoms with E-state index in [0.717, 1.165) is 39.1 Å². The van der Waals surface area contributed by atoms with Crippen LogP contribution in [0.15, 0.2) is 12.2 Å². The van der Waals surface area contributed by atoms with Gasteiger partial charge in [0, 0.05) is 25.7 Å². The molecule has 2 heteroatoms. The predicted octanol–water partition coefficient (Wildman–Crippen LogP) is 2.06. The molecule has 0 aromatic rings. The highest BCUT2D eigenvalue weighted by Crippen LogP contribution is 2.10. The molecule has 0 bridgehead atoms. The third kappa shape index (κ3) is 3.49. The van der Waals surface area contributed by atoms with Crippen LogP contribution in [0.2, 0.25) is 0 Å². The molecule has 1 rings (SSSR count). The van der Waals surface area contributed by atoms with Gasteiger partial charge in [-0.1, -0.05) is 19.1 Å². The fourth-order valence-corrected chi connectivity index (χ4v) is 1.58. The molecule has 0 saturated carbocycles. The highest BCUT2D eigenvalue weighted by molar-refractivity contribution is 4.97. The third-order valence-electron chi connectivity index (χ3n) is 2.64. The molecule has 1 unspecified atom stereocenters. The quantitative estimate of drug-likeness (QED) is 0.621. The van der Waals surface area contributed by atoms with Gasteiger partial charge in [0.2, 0.25) is 0 Å². The smallest absolute Gasteiger partial charge is 0.0619 e. The molecular weight excluding hydrogens is 162 g/mol. The molecule has 1 atom stereocenters. The second-order valence-corrected chi connectivity index (χ2v) is 3.85. The molecule has 1 heterocycles. The molecule has 76 valence electrons. The van der Waals surface area contributed by atoms with Crippen LogP contribution in [0.5, 0.6) is 0 Å². The first-order chi connectivity index (χ1) is 6.24. The van der Waals surface area contributed by atoms with E-state index >= 15 is 0 Å². The van der Waals surface area contributed by atoms with E-state index in [1.807, 2.05) is 0 Å². The summed E-state index contributed by atoms with van der Waals surface area (Å²) in [5.41, 5.74) is 1.33. The number of nitrogens with zero attached hydrogens (tertiary/aromatic N) is 1. The second kappa shape index (κ2) is 5.40. The van der Waals surface area contributed by atoms with Crippen LogP contribution in [0, 0.1) is 0 Å². The van der Waals surface area contributed by atoms with Crippen LogP contribution < -0.4 is 0 Å². The van der Waals surface area contributed by atoms with Crippen LogP contribution in [-0.2, 0) is 4.74 Å². The Morgan fingerprint density at radius 2 is 2.38 bits per heavy atom. The summed E-state index contributed by atoms with van der Waals surface area (Å²) < 4.78 is 5.48. The maximum Gasteiger partial charge on any atom is 0.0619 e. The predicted molar refractivity (Wildman–Crippen MR) is 55.9 cm³/mol. The maximum absolute atomic E-state index is 5.48. The topological polar surface area (TPSA) is 12.5 Å². The number of hydrogen-bond donors (Lipinski definition) is 0. The molecule has 1 aliphatic rings. The largest absolute Gasteiger partial charge is 0.380 e. The van der Waals surface area contributed by atoms with Gasteiger partial charge in [-0.25, -0.2) is 0 Å². The van der Waals surface area contributed by atoms with Crippen molar-refractivity contribution in [2.75, 3.05) is 26.3 Å². The van der Waals surface area contributed by atoms with Crippen LogP contribution in [-0.4, -0.2) is 37.2 Å². The Labute approximate surface area is 81.6 Å². The molecule has 0 N–H and O–H groups in total. The summed E-state index contributed by atoms with van der Waals surface area (Å²) in [6, 6.07) is 0.547. The van der Waals surface area contributed by atoms with Crippen molar-refractivity contribution in [2.45, 2.75) is 32.7 Å². The van der Waals surface area contributed by atoms with Gasteiger partial charge in [0.1, 0.15) is 0 Å². The number of hydrogen-bond acceptors (Lipinski definition) is 2. The van der Waals surface area contributed by atoms with Gasteiger partial charge in [-0.05, 0) is 19.8 Å². The Kier molecular flexibility index (Phi) is 4.46. The molecule has 0 aromatic carbocycles. The molecule has 0 aromatic heterocycles. The standard InChI is InChI=1S/C11H21NO/c1-4-10(2)8-12-6-5-7-13-9-11(12)3/h11H,2,4-9H2,1,3H3. The van der Waals surface area contributed by atoms with Crippen molar-refractivity contribution in [3.63, 3.8) is 0 Å². The zero-order chi connectivity index (χ0) is 9.68. The Morgan fingerprint density at radius 1 is 1.62 bits per heavy atom. The average molecular weight is 183 g/mol. The SMILES string of the molecule is C=C(CC)CN1CCCOCC1C. The minimum Gasteiger partial charge on any atom is -0.380 e. The average Bonchev–Trinajstić information content (AvgIpc) is 2.32. The minimum atomic E-state index is 0.547. The normalized spacial score (nSPS) is 25.5. The fourth-order valence-electron chi connectivity index (χ4n) is 1.58. The summed E-state index contributed by atoms with van der Waals surface area (Å²) in [4.78, 5) is 2.47. The van der Waals surface area contributed by atoms with E-state index in [9.17, 15) is 0 Å². The Bertz CT molecular complexity index is 167. The summed E-state index contributed by atoms with van der Waals surface area (Å²) in [7, 11) is 0. The van der Waals surface area contributed by atoms with Gasteiger partial charge in [-0.15, -0.1) is 0 Å². The lowest BCUT2D eigenvalue weighted by Crippen LogP contribution is -2.36. The first kappa shape index (κ1) is 10.7. The lowest BCUT2D eigenvalue weighted by Gasteiger charge is -2.26. The summed E-state index contributed by atoms with van der Waals surface area (Å²) in [5, 5.41) is 0. The number of rotatable bonds is 3. The maximum atomic E-state index is 5.48. The summed E-state index contributed by atoms with van der Waals surface area (Å²) >= 11 is 0. The molecule has 0 aliphatic carbocycles. The highest BCUT2D eigenvalue weighted by atomic mass is 16.5. The summed E-state index contributed by atoms with van der Waals surface area (Å²) in [5.74, 6) is 0. The molecule has 1 aliphatic heterocycles. The Morgan fingerprint density at radius 3 is 3.08 bits per heavy atom. The van der Waals surface area contributed by atoms with Crippen molar-refractivity contribution >= 4 is 0 Å². The van der Waals surface area contributed by atoms with Crippen molar-refractivity contribution < 1.29 is 4.74 Å². The first-order valence-corrected chi connectivity index (χ1v) is 5.22. The third-order valence-corrected chi connectivity index (χ3v) is 2.64. The van der Waals surface area contributed by atoms with Crippen LogP contribution in [0.1, 0.15) is 26.7 Å². The summed E-state index contributed by atoms with van der Waals surface area (Å²) in [6.07, 6.45) is 2.24. The van der Waals surface area contributed by atoms with Gasteiger partial charge >= 0.3 is 0 Å². The van der Waals surface area contributed by atoms with Crippen molar-refractivity contribution in [3.05, 3.63) is 12.2 Å². The van der Waals surface area contributed by atoms with E-state index in [2.05, 4.69) is 25.3 Å². The van der Waals surface area contributed by atoms with Crippen molar-refractivity contribution in [1.82, 2.24) is 4.90 Å². The molecule has 13 heavy (non-hydrogen) atoms. The molecule has 0 spiro atoms. The van der Waals surface area contributed by atoms with Gasteiger partial charge in [-0.3, -0.25) is 4.90 Å². The fraction of sp³-hybridized carbons (Fsp3) is 0.818. The highest BCUT2D eigenvalue weighted by Gasteiger charge is 2.16. The van der Waals surface area contributed by atoms with Crippen LogP contribution in [0.3, 0.4) is 0 Å². The Balaban J connectivity index is 2.40. The molecule has 0 radical (unpaired) electrons. The van der Waals surface area contributed by atoms with Crippen LogP contribution in [0.4, 0.5) is 0 Å². The van der Waals surface area contributed by atoms with Gasteiger partial charge in [0.15, 0.2) is 0 Å². The first-order valence-electron chi connectivity index (χ1n) is 5.22. The lowest BCUT2D eigenvalue weighted by atomic mass is 10.2. The minimum absolute atomic E-state index is 0.547. The molecule has 1 saturated heterocycles. The molecule has 1 fully saturated rings. The van der Waals surface area contributed by atoms with Gasteiger partial charge < -0.3 is 4.74 Å². The van der Waals surface area contributed by atoms with E-state index < -0.39 is 0 Å². The van der Waals surface area contributed by atoms with Crippen molar-refractivity contribution in [1.29, 1.82) is 0 Å². The second-order valence-electron chi connectivity index (χ2n) is 3.85. The number of ether oxygens (including phenoxy) is 1. The monoisotopic (exact) mass is 183 g/mol. The van der Waals surface area contributed by atoms with E-state index in [0.29, 0.717) is 6.04 Å². The van der Waals surface area contributed by atoms with Crippen LogP contribution >= 0.6 is 0 Å². The van der Waals surface area contributed by atoms with Gasteiger partial charge in [0.05, 0.1) is 6.61 Å². The molecule has 0 amide bonds. The zero-order valence-corrected chi connectivity index (χ0v) is 8.88. The molecule has 2 nitrogen and oxygen atoms in total. The summed E-state index contributed by atoms with van der Waals surface area (Å²) in [6.45, 7) is 12.4. The van der Waals surface area contributed by atoms with Crippen molar-refractivity contribution in [3.8, 4) is 0 Å².